The van der Waals surface area contributed by atoms with Crippen molar-refractivity contribution in [2.24, 2.45) is 5.41 Å². The predicted molar refractivity (Wildman–Crippen MR) is 270 cm³/mol. The number of aliphatic hydroxyl groups excluding tert-OH is 1. The second-order valence-electron chi connectivity index (χ2n) is 18.3. The van der Waals surface area contributed by atoms with E-state index in [0.29, 0.717) is 29.2 Å². The number of aryl methyl sites for hydroxylation is 1. The summed E-state index contributed by atoms with van der Waals surface area (Å²) in [6.45, 7) is 9.59. The zero-order chi connectivity index (χ0) is 48.8. The molecular weight excluding hydrogens is 891 g/mol. The molecule has 2 aromatic heterocycles. The zero-order valence-corrected chi connectivity index (χ0v) is 40.4. The summed E-state index contributed by atoms with van der Waals surface area (Å²) in [5.41, 5.74) is 11.6. The Kier molecular flexibility index (Phi) is 14.7. The first-order valence-corrected chi connectivity index (χ1v) is 23.8. The Morgan fingerprint density at radius 2 is 1.70 bits per heavy atom. The molecule has 15 heteroatoms. The topological polar surface area (TPSA) is 184 Å². The fourth-order valence-corrected chi connectivity index (χ4v) is 9.61. The fourth-order valence-electron chi connectivity index (χ4n) is 8.80. The lowest BCUT2D eigenvalue weighted by Crippen LogP contribution is -2.57. The molecule has 0 aliphatic carbocycles. The molecule has 1 fully saturated rings. The van der Waals surface area contributed by atoms with Gasteiger partial charge >= 0.3 is 0 Å². The average Bonchev–Trinajstić information content (AvgIpc) is 3.92. The molecule has 2 aliphatic rings. The van der Waals surface area contributed by atoms with Crippen LogP contribution in [0.1, 0.15) is 50.9 Å². The number of pyridine rings is 1. The third-order valence-electron chi connectivity index (χ3n) is 12.3. The first kappa shape index (κ1) is 48.3. The van der Waals surface area contributed by atoms with E-state index in [1.807, 2.05) is 131 Å². The van der Waals surface area contributed by atoms with Crippen LogP contribution in [-0.4, -0.2) is 95.2 Å². The van der Waals surface area contributed by atoms with Gasteiger partial charge in [-0.2, -0.15) is 0 Å². The molecule has 6 aromatic rings. The summed E-state index contributed by atoms with van der Waals surface area (Å²) in [6, 6.07) is 31.5. The maximum Gasteiger partial charge on any atom is 0.247 e. The molecule has 356 valence electrons. The number of benzene rings is 4. The van der Waals surface area contributed by atoms with Gasteiger partial charge in [0.1, 0.15) is 17.8 Å². The van der Waals surface area contributed by atoms with Gasteiger partial charge in [-0.15, -0.1) is 11.3 Å². The van der Waals surface area contributed by atoms with E-state index in [2.05, 4.69) is 26.3 Å². The molecule has 14 nitrogen and oxygen atoms in total. The summed E-state index contributed by atoms with van der Waals surface area (Å²) in [5.74, 6) is -0.767. The number of likely N-dealkylation sites (tertiary alicyclic amines) is 1. The smallest absolute Gasteiger partial charge is 0.247 e. The number of aromatic nitrogens is 2. The van der Waals surface area contributed by atoms with Crippen molar-refractivity contribution < 1.29 is 33.8 Å². The highest BCUT2D eigenvalue weighted by atomic mass is 32.1. The number of amides is 4. The van der Waals surface area contributed by atoms with Crippen molar-refractivity contribution in [2.45, 2.75) is 65.6 Å². The van der Waals surface area contributed by atoms with Crippen LogP contribution in [0.5, 0.6) is 5.75 Å². The summed E-state index contributed by atoms with van der Waals surface area (Å²) in [7, 11) is 1.61. The number of hydrogen-bond acceptors (Lipinski definition) is 11. The zero-order valence-electron chi connectivity index (χ0n) is 39.6. The highest BCUT2D eigenvalue weighted by Crippen LogP contribution is 2.41. The van der Waals surface area contributed by atoms with Crippen molar-refractivity contribution >= 4 is 52.0 Å². The van der Waals surface area contributed by atoms with Crippen molar-refractivity contribution in [1.29, 1.82) is 0 Å². The molecule has 2 aliphatic heterocycles. The minimum atomic E-state index is -0.982. The second kappa shape index (κ2) is 21.0. The Balaban J connectivity index is 1.01. The fraction of sp³-hybridized carbons (Fsp3) is 0.296. The monoisotopic (exact) mass is 947 g/mol. The van der Waals surface area contributed by atoms with Gasteiger partial charge < -0.3 is 40.7 Å². The quantitative estimate of drug-likeness (QED) is 0.0631. The lowest BCUT2D eigenvalue weighted by Gasteiger charge is -2.35. The number of anilines is 2. The molecule has 0 radical (unpaired) electrons. The number of nitrogens with one attached hydrogen (secondary N) is 4. The Hall–Kier alpha value is -7.20. The summed E-state index contributed by atoms with van der Waals surface area (Å²) in [5, 5.41) is 23.1. The number of fused-ring (bicyclic) bond motifs is 3. The van der Waals surface area contributed by atoms with Crippen molar-refractivity contribution in [1.82, 2.24) is 25.5 Å². The van der Waals surface area contributed by atoms with Crippen molar-refractivity contribution in [3.8, 4) is 49.8 Å². The van der Waals surface area contributed by atoms with E-state index in [4.69, 9.17) is 14.5 Å². The van der Waals surface area contributed by atoms with Gasteiger partial charge in [-0.05, 0) is 70.5 Å². The molecule has 0 saturated carbocycles. The largest absolute Gasteiger partial charge is 0.495 e. The number of rotatable bonds is 15. The molecule has 4 heterocycles. The molecule has 0 bridgehead atoms. The molecule has 4 aromatic carbocycles. The number of nitrogens with zero attached hydrogens (tertiary/aromatic N) is 3. The van der Waals surface area contributed by atoms with Crippen LogP contribution in [0.4, 0.5) is 11.4 Å². The van der Waals surface area contributed by atoms with E-state index in [1.54, 1.807) is 30.0 Å². The standard InChI is InChI=1S/C54H57N7O7S/c1-32-50(69-31-56-32)36-18-16-35(17-19-36)42(60-52(65)46-27-38(63)30-61(46)53(66)51(54(3,4)5)57-33(2)62)22-24-68-25-23-55-45-26-37(20-21-47(45)67-6)40-28-44(34-12-8-7-9-13-34)59-49-39-14-10-11-15-43(39)58-48(64)29-41(40)49/h7-22,26,28,31,38,46,51,55,63H,23-25,27,29-30H2,1-6H3,(H,57,62)(H,58,64)(H,60,65)/b42-22+/t38-,46+,51-/m1/s1. The van der Waals surface area contributed by atoms with Crippen molar-refractivity contribution in [3.05, 3.63) is 132 Å². The first-order chi connectivity index (χ1) is 33.2. The van der Waals surface area contributed by atoms with E-state index in [-0.39, 0.29) is 44.4 Å². The van der Waals surface area contributed by atoms with E-state index >= 15 is 0 Å². The Bertz CT molecular complexity index is 2890. The third-order valence-corrected chi connectivity index (χ3v) is 13.2. The van der Waals surface area contributed by atoms with E-state index < -0.39 is 35.4 Å². The predicted octanol–water partition coefficient (Wildman–Crippen LogP) is 8.12. The SMILES string of the molecule is COc1ccc(-c2cc(-c3ccccc3)nc3c2CC(=O)Nc2ccccc2-3)cc1NCCOC/C=C(/NC(=O)[C@@H]1C[C@@H](O)CN1C(=O)[C@@H](NC(C)=O)C(C)(C)C)c1ccc(-c2scnc2C)cc1. The maximum absolute atomic E-state index is 14.2. The number of aliphatic hydroxyl groups is 1. The van der Waals surface area contributed by atoms with Crippen LogP contribution in [-0.2, 0) is 30.3 Å². The number of hydrogen-bond donors (Lipinski definition) is 5. The summed E-state index contributed by atoms with van der Waals surface area (Å²) in [6.07, 6.45) is 1.05. The number of β-amino-alcohol motifs (C(OH)–C–C–N with tert-alkyl or cyclic N) is 1. The van der Waals surface area contributed by atoms with Crippen LogP contribution in [0.15, 0.2) is 115 Å². The van der Waals surface area contributed by atoms with Crippen LogP contribution in [0, 0.1) is 12.3 Å². The minimum absolute atomic E-state index is 0.0410. The Morgan fingerprint density at radius 3 is 2.41 bits per heavy atom. The van der Waals surface area contributed by atoms with Gasteiger partial charge in [0, 0.05) is 43.3 Å². The number of thiazole rings is 1. The molecule has 0 unspecified atom stereocenters. The van der Waals surface area contributed by atoms with Crippen LogP contribution in [0.3, 0.4) is 0 Å². The van der Waals surface area contributed by atoms with Gasteiger partial charge in [0.25, 0.3) is 0 Å². The highest BCUT2D eigenvalue weighted by Gasteiger charge is 2.44. The number of methoxy groups -OCH3 is 1. The average molecular weight is 948 g/mol. The van der Waals surface area contributed by atoms with E-state index in [9.17, 15) is 24.3 Å². The minimum Gasteiger partial charge on any atom is -0.495 e. The molecule has 3 atom stereocenters. The van der Waals surface area contributed by atoms with Gasteiger partial charge in [-0.3, -0.25) is 19.2 Å². The normalized spacial score (nSPS) is 16.1. The second-order valence-corrected chi connectivity index (χ2v) is 19.1. The molecule has 8 rings (SSSR count). The molecule has 1 saturated heterocycles. The maximum atomic E-state index is 14.2. The molecule has 0 spiro atoms. The number of ether oxygens (including phenoxy) is 2. The van der Waals surface area contributed by atoms with Gasteiger partial charge in [0.2, 0.25) is 23.6 Å². The summed E-state index contributed by atoms with van der Waals surface area (Å²) < 4.78 is 11.9. The number of carbonyl (C=O) groups is 4. The summed E-state index contributed by atoms with van der Waals surface area (Å²) >= 11 is 1.55. The van der Waals surface area contributed by atoms with Gasteiger partial charge in [0.05, 0.1) is 71.7 Å². The lowest BCUT2D eigenvalue weighted by atomic mass is 9.85. The van der Waals surface area contributed by atoms with E-state index in [1.165, 1.54) is 11.8 Å². The van der Waals surface area contributed by atoms with Gasteiger partial charge in [-0.25, -0.2) is 9.97 Å². The van der Waals surface area contributed by atoms with Crippen LogP contribution in [0.25, 0.3) is 49.8 Å². The lowest BCUT2D eigenvalue weighted by molar-refractivity contribution is -0.143. The van der Waals surface area contributed by atoms with Gasteiger partial charge in [-0.1, -0.05) is 99.6 Å². The summed E-state index contributed by atoms with van der Waals surface area (Å²) in [4.78, 5) is 65.6. The highest BCUT2D eigenvalue weighted by molar-refractivity contribution is 7.13. The molecule has 4 amide bonds. The van der Waals surface area contributed by atoms with Gasteiger partial charge in [0.15, 0.2) is 0 Å². The Morgan fingerprint density at radius 1 is 0.957 bits per heavy atom. The van der Waals surface area contributed by atoms with Crippen LogP contribution < -0.4 is 26.0 Å². The first-order valence-electron chi connectivity index (χ1n) is 22.9. The molecule has 5 N–H and O–H groups in total. The molecule has 69 heavy (non-hydrogen) atoms. The van der Waals surface area contributed by atoms with Crippen molar-refractivity contribution in [2.75, 3.05) is 44.0 Å². The van der Waals surface area contributed by atoms with Crippen molar-refractivity contribution in [3.63, 3.8) is 0 Å². The number of carbonyl (C=O) groups excluding carboxylic acids is 4. The van der Waals surface area contributed by atoms with E-state index in [0.717, 1.165) is 61.0 Å². The number of para-hydroxylation sites is 1. The van der Waals surface area contributed by atoms with Crippen LogP contribution >= 0.6 is 11.3 Å². The Labute approximate surface area is 406 Å². The van der Waals surface area contributed by atoms with Crippen LogP contribution in [0.2, 0.25) is 0 Å². The molecular formula is C54H57N7O7S. The third kappa shape index (κ3) is 11.1.